The molecule has 3 aromatic rings. The summed E-state index contributed by atoms with van der Waals surface area (Å²) in [6.07, 6.45) is 13.6. The molecule has 2 aromatic carbocycles. The summed E-state index contributed by atoms with van der Waals surface area (Å²) in [6, 6.07) is 16.0. The molecule has 0 fully saturated rings. The van der Waals surface area contributed by atoms with Gasteiger partial charge in [-0.05, 0) is 34.9 Å². The van der Waals surface area contributed by atoms with Crippen molar-refractivity contribution in [2.75, 3.05) is 5.32 Å². The summed E-state index contributed by atoms with van der Waals surface area (Å²) in [7, 11) is 0. The van der Waals surface area contributed by atoms with Crippen molar-refractivity contribution in [3.8, 4) is 0 Å². The molecule has 0 aliphatic rings. The summed E-state index contributed by atoms with van der Waals surface area (Å²) in [5, 5.41) is 11.9. The van der Waals surface area contributed by atoms with Crippen molar-refractivity contribution in [1.29, 1.82) is 0 Å². The Morgan fingerprint density at radius 3 is 1.87 bits per heavy atom. The minimum Gasteiger partial charge on any atom is -0.424 e. The second kappa shape index (κ2) is 16.2. The van der Waals surface area contributed by atoms with Gasteiger partial charge in [0.1, 0.15) is 5.92 Å². The van der Waals surface area contributed by atoms with Gasteiger partial charge in [-0.3, -0.25) is 4.79 Å². The zero-order valence-corrected chi connectivity index (χ0v) is 24.8. The lowest BCUT2D eigenvalue weighted by atomic mass is 9.91. The quantitative estimate of drug-likeness (QED) is 0.176. The fraction of sp³-hybridized carbons (Fsp3) is 0.559. The van der Waals surface area contributed by atoms with Gasteiger partial charge in [0.05, 0.1) is 0 Å². The van der Waals surface area contributed by atoms with Crippen LogP contribution in [0.4, 0.5) is 5.69 Å². The fourth-order valence-electron chi connectivity index (χ4n) is 5.19. The van der Waals surface area contributed by atoms with Crippen molar-refractivity contribution in [3.05, 3.63) is 77.0 Å². The van der Waals surface area contributed by atoms with Gasteiger partial charge in [-0.15, -0.1) is 10.2 Å². The standard InChI is InChI=1S/C34H49N3O2/c1-6-7-8-9-10-11-12-13-14-18-24-30-36-37-34(39-30)31(27-20-16-15-17-21-27)33(38)35-32-28(25(2)3)22-19-23-29(32)26(4)5/h15-17,19-23,25-26,31H,6-14,18,24H2,1-5H3,(H,35,38)/t31-/m0/s1. The van der Waals surface area contributed by atoms with Crippen LogP contribution in [-0.4, -0.2) is 16.1 Å². The number of hydrogen-bond acceptors (Lipinski definition) is 4. The van der Waals surface area contributed by atoms with Crippen LogP contribution in [0.3, 0.4) is 0 Å². The number of carbonyl (C=O) groups excluding carboxylic acids is 1. The lowest BCUT2D eigenvalue weighted by molar-refractivity contribution is -0.117. The molecule has 1 N–H and O–H groups in total. The van der Waals surface area contributed by atoms with Crippen LogP contribution in [0, 0.1) is 0 Å². The number of carbonyl (C=O) groups is 1. The molecule has 1 aromatic heterocycles. The first-order valence-corrected chi connectivity index (χ1v) is 15.2. The molecule has 212 valence electrons. The van der Waals surface area contributed by atoms with E-state index >= 15 is 0 Å². The second-order valence-electron chi connectivity index (χ2n) is 11.4. The number of unbranched alkanes of at least 4 members (excludes halogenated alkanes) is 9. The average Bonchev–Trinajstić information content (AvgIpc) is 3.38. The smallest absolute Gasteiger partial charge is 0.241 e. The highest BCUT2D eigenvalue weighted by Gasteiger charge is 2.30. The second-order valence-corrected chi connectivity index (χ2v) is 11.4. The van der Waals surface area contributed by atoms with Crippen molar-refractivity contribution in [2.24, 2.45) is 0 Å². The van der Waals surface area contributed by atoms with E-state index in [4.69, 9.17) is 4.42 Å². The van der Waals surface area contributed by atoms with Crippen molar-refractivity contribution in [1.82, 2.24) is 10.2 Å². The van der Waals surface area contributed by atoms with Gasteiger partial charge in [-0.2, -0.15) is 0 Å². The molecule has 3 rings (SSSR count). The molecule has 0 saturated carbocycles. The lowest BCUT2D eigenvalue weighted by Crippen LogP contribution is -2.24. The van der Waals surface area contributed by atoms with Crippen molar-refractivity contribution in [3.63, 3.8) is 0 Å². The normalized spacial score (nSPS) is 12.3. The van der Waals surface area contributed by atoms with Crippen molar-refractivity contribution >= 4 is 11.6 Å². The van der Waals surface area contributed by atoms with Crippen LogP contribution in [-0.2, 0) is 11.2 Å². The number of anilines is 1. The first-order chi connectivity index (χ1) is 18.9. The molecule has 39 heavy (non-hydrogen) atoms. The van der Waals surface area contributed by atoms with E-state index in [9.17, 15) is 4.79 Å². The van der Waals surface area contributed by atoms with Gasteiger partial charge in [0.2, 0.25) is 17.7 Å². The maximum Gasteiger partial charge on any atom is 0.241 e. The van der Waals surface area contributed by atoms with Crippen LogP contribution in [0.1, 0.15) is 145 Å². The van der Waals surface area contributed by atoms with E-state index in [-0.39, 0.29) is 17.7 Å². The summed E-state index contributed by atoms with van der Waals surface area (Å²) in [4.78, 5) is 13.9. The van der Waals surface area contributed by atoms with Crippen molar-refractivity contribution in [2.45, 2.75) is 123 Å². The fourth-order valence-corrected chi connectivity index (χ4v) is 5.19. The van der Waals surface area contributed by atoms with E-state index < -0.39 is 5.92 Å². The first-order valence-electron chi connectivity index (χ1n) is 15.2. The third-order valence-corrected chi connectivity index (χ3v) is 7.49. The SMILES string of the molecule is CCCCCCCCCCCCc1nnc([C@H](C(=O)Nc2c(C(C)C)cccc2C(C)C)c2ccccc2)o1. The minimum absolute atomic E-state index is 0.148. The van der Waals surface area contributed by atoms with E-state index in [0.717, 1.165) is 35.2 Å². The number of para-hydroxylation sites is 1. The molecule has 5 heteroatoms. The summed E-state index contributed by atoms with van der Waals surface area (Å²) < 4.78 is 6.11. The van der Waals surface area contributed by atoms with Crippen LogP contribution in [0.2, 0.25) is 0 Å². The molecule has 0 unspecified atom stereocenters. The average molecular weight is 532 g/mol. The maximum atomic E-state index is 13.9. The molecule has 0 saturated heterocycles. The van der Waals surface area contributed by atoms with Crippen LogP contribution in [0.5, 0.6) is 0 Å². The molecule has 1 atom stereocenters. The predicted molar refractivity (Wildman–Crippen MR) is 161 cm³/mol. The highest BCUT2D eigenvalue weighted by Crippen LogP contribution is 2.34. The Morgan fingerprint density at radius 2 is 1.31 bits per heavy atom. The van der Waals surface area contributed by atoms with Gasteiger partial charge < -0.3 is 9.73 Å². The van der Waals surface area contributed by atoms with E-state index in [1.165, 1.54) is 57.8 Å². The molecule has 1 amide bonds. The van der Waals surface area contributed by atoms with E-state index in [0.29, 0.717) is 11.8 Å². The summed E-state index contributed by atoms with van der Waals surface area (Å²) >= 11 is 0. The summed E-state index contributed by atoms with van der Waals surface area (Å²) in [5.74, 6) is 0.721. The molecule has 5 nitrogen and oxygen atoms in total. The number of benzene rings is 2. The topological polar surface area (TPSA) is 68.0 Å². The maximum absolute atomic E-state index is 13.9. The number of nitrogens with one attached hydrogen (secondary N) is 1. The third-order valence-electron chi connectivity index (χ3n) is 7.49. The van der Waals surface area contributed by atoms with Gasteiger partial charge >= 0.3 is 0 Å². The molecular weight excluding hydrogens is 482 g/mol. The number of rotatable bonds is 17. The van der Waals surface area contributed by atoms with Gasteiger partial charge in [0.25, 0.3) is 0 Å². The minimum atomic E-state index is -0.666. The number of hydrogen-bond donors (Lipinski definition) is 1. The number of aromatic nitrogens is 2. The Labute approximate surface area is 236 Å². The highest BCUT2D eigenvalue weighted by molar-refractivity contribution is 5.98. The largest absolute Gasteiger partial charge is 0.424 e. The Morgan fingerprint density at radius 1 is 0.744 bits per heavy atom. The van der Waals surface area contributed by atoms with Crippen LogP contribution in [0.15, 0.2) is 52.9 Å². The summed E-state index contributed by atoms with van der Waals surface area (Å²) in [5.41, 5.74) is 4.01. The molecule has 1 heterocycles. The van der Waals surface area contributed by atoms with Crippen LogP contribution >= 0.6 is 0 Å². The van der Waals surface area contributed by atoms with Gasteiger partial charge in [0.15, 0.2) is 0 Å². The Kier molecular flexibility index (Phi) is 12.7. The van der Waals surface area contributed by atoms with Crippen LogP contribution in [0.25, 0.3) is 0 Å². The van der Waals surface area contributed by atoms with Gasteiger partial charge in [-0.25, -0.2) is 0 Å². The third kappa shape index (κ3) is 9.33. The molecular formula is C34H49N3O2. The Balaban J connectivity index is 1.66. The predicted octanol–water partition coefficient (Wildman–Crippen LogP) is 9.55. The van der Waals surface area contributed by atoms with Crippen LogP contribution < -0.4 is 5.32 Å². The molecule has 0 aliphatic heterocycles. The zero-order valence-electron chi connectivity index (χ0n) is 24.8. The number of aryl methyl sites for hydroxylation is 1. The van der Waals surface area contributed by atoms with Gasteiger partial charge in [0, 0.05) is 12.1 Å². The Bertz CT molecular complexity index is 1090. The molecule has 0 spiro atoms. The van der Waals surface area contributed by atoms with E-state index in [1.54, 1.807) is 0 Å². The summed E-state index contributed by atoms with van der Waals surface area (Å²) in [6.45, 7) is 10.9. The van der Waals surface area contributed by atoms with Gasteiger partial charge in [-0.1, -0.05) is 141 Å². The molecule has 0 bridgehead atoms. The number of nitrogens with zero attached hydrogens (tertiary/aromatic N) is 2. The van der Waals surface area contributed by atoms with E-state index in [2.05, 4.69) is 68.3 Å². The zero-order chi connectivity index (χ0) is 28.0. The molecule has 0 radical (unpaired) electrons. The monoisotopic (exact) mass is 531 g/mol. The Hall–Kier alpha value is -2.95. The van der Waals surface area contributed by atoms with Crippen molar-refractivity contribution < 1.29 is 9.21 Å². The lowest BCUT2D eigenvalue weighted by Gasteiger charge is -2.22. The molecule has 0 aliphatic carbocycles. The number of amides is 1. The first kappa shape index (κ1) is 30.6. The highest BCUT2D eigenvalue weighted by atomic mass is 16.4. The van der Waals surface area contributed by atoms with E-state index in [1.807, 2.05) is 30.3 Å².